The molecule has 2 rings (SSSR count). The lowest BCUT2D eigenvalue weighted by Gasteiger charge is -2.25. The molecule has 1 aliphatic heterocycles. The Kier molecular flexibility index (Phi) is 3.04. The van der Waals surface area contributed by atoms with E-state index in [9.17, 15) is 0 Å². The summed E-state index contributed by atoms with van der Waals surface area (Å²) in [5, 5.41) is 3.92. The number of ether oxygens (including phenoxy) is 1. The van der Waals surface area contributed by atoms with Gasteiger partial charge in [0.25, 0.3) is 0 Å². The van der Waals surface area contributed by atoms with Crippen LogP contribution in [0.3, 0.4) is 0 Å². The van der Waals surface area contributed by atoms with Crippen molar-refractivity contribution in [3.8, 4) is 0 Å². The zero-order valence-corrected chi connectivity index (χ0v) is 10.6. The summed E-state index contributed by atoms with van der Waals surface area (Å²) in [4.78, 5) is 8.49. The molecule has 0 aliphatic carbocycles. The van der Waals surface area contributed by atoms with Crippen LogP contribution in [0.1, 0.15) is 24.7 Å². The average Bonchev–Trinajstić information content (AvgIpc) is 2.61. The van der Waals surface area contributed by atoms with Crippen LogP contribution >= 0.6 is 11.6 Å². The monoisotopic (exact) mass is 241 g/mol. The summed E-state index contributed by atoms with van der Waals surface area (Å²) in [5.41, 5.74) is 0.843. The average molecular weight is 242 g/mol. The first-order chi connectivity index (χ1) is 7.50. The molecule has 1 atom stereocenters. The third kappa shape index (κ3) is 2.28. The molecule has 0 amide bonds. The Morgan fingerprint density at radius 3 is 2.75 bits per heavy atom. The molecule has 2 heterocycles. The Hall–Kier alpha value is -0.870. The van der Waals surface area contributed by atoms with Crippen molar-refractivity contribution in [1.82, 2.24) is 9.97 Å². The zero-order chi connectivity index (χ0) is 11.8. The van der Waals surface area contributed by atoms with E-state index in [0.717, 1.165) is 24.4 Å². The number of hydrogen-bond donors (Lipinski definition) is 1. The lowest BCUT2D eigenvalue weighted by atomic mass is 10.0. The fraction of sp³-hybridized carbons (Fsp3) is 0.636. The second-order valence-electron chi connectivity index (χ2n) is 4.52. The number of halogens is 1. The SMILES string of the molecule is Cc1nc(Cl)c(C)c(NC2(C)CCOC2)n1. The molecule has 1 aliphatic rings. The minimum atomic E-state index is -0.0467. The Morgan fingerprint density at radius 2 is 2.12 bits per heavy atom. The zero-order valence-electron chi connectivity index (χ0n) is 9.80. The van der Waals surface area contributed by atoms with E-state index in [1.54, 1.807) is 0 Å². The molecule has 0 bridgehead atoms. The van der Waals surface area contributed by atoms with Crippen LogP contribution in [-0.2, 0) is 4.74 Å². The summed E-state index contributed by atoms with van der Waals surface area (Å²) < 4.78 is 5.39. The summed E-state index contributed by atoms with van der Waals surface area (Å²) in [6.45, 7) is 7.38. The van der Waals surface area contributed by atoms with Crippen molar-refractivity contribution >= 4 is 17.4 Å². The lowest BCUT2D eigenvalue weighted by molar-refractivity contribution is 0.185. The maximum atomic E-state index is 6.03. The first kappa shape index (κ1) is 11.6. The number of anilines is 1. The second kappa shape index (κ2) is 4.18. The molecule has 0 saturated carbocycles. The summed E-state index contributed by atoms with van der Waals surface area (Å²) in [6.07, 6.45) is 0.979. The van der Waals surface area contributed by atoms with Gasteiger partial charge in [-0.15, -0.1) is 0 Å². The van der Waals surface area contributed by atoms with Crippen molar-refractivity contribution in [2.45, 2.75) is 32.7 Å². The van der Waals surface area contributed by atoms with E-state index in [2.05, 4.69) is 22.2 Å². The van der Waals surface area contributed by atoms with Crippen LogP contribution in [0, 0.1) is 13.8 Å². The Balaban J connectivity index is 2.27. The van der Waals surface area contributed by atoms with Gasteiger partial charge in [0.1, 0.15) is 16.8 Å². The number of aryl methyl sites for hydroxylation is 1. The molecule has 16 heavy (non-hydrogen) atoms. The van der Waals surface area contributed by atoms with Crippen molar-refractivity contribution in [2.75, 3.05) is 18.5 Å². The van der Waals surface area contributed by atoms with Gasteiger partial charge in [-0.25, -0.2) is 9.97 Å². The predicted octanol–water partition coefficient (Wildman–Crippen LogP) is 2.34. The van der Waals surface area contributed by atoms with Crippen molar-refractivity contribution in [2.24, 2.45) is 0 Å². The molecule has 1 saturated heterocycles. The Morgan fingerprint density at radius 1 is 1.38 bits per heavy atom. The maximum absolute atomic E-state index is 6.03. The van der Waals surface area contributed by atoms with E-state index in [0.29, 0.717) is 17.6 Å². The standard InChI is InChI=1S/C11H16ClN3O/c1-7-9(12)13-8(2)14-10(7)15-11(3)4-5-16-6-11/h4-6H2,1-3H3,(H,13,14,15). The highest BCUT2D eigenvalue weighted by atomic mass is 35.5. The van der Waals surface area contributed by atoms with Gasteiger partial charge in [0, 0.05) is 12.2 Å². The van der Waals surface area contributed by atoms with E-state index in [1.165, 1.54) is 0 Å². The van der Waals surface area contributed by atoms with Crippen molar-refractivity contribution in [1.29, 1.82) is 0 Å². The molecule has 1 N–H and O–H groups in total. The molecule has 1 unspecified atom stereocenters. The van der Waals surface area contributed by atoms with E-state index in [4.69, 9.17) is 16.3 Å². The van der Waals surface area contributed by atoms with E-state index in [-0.39, 0.29) is 5.54 Å². The van der Waals surface area contributed by atoms with Gasteiger partial charge in [-0.05, 0) is 27.2 Å². The molecule has 4 nitrogen and oxygen atoms in total. The molecule has 0 spiro atoms. The summed E-state index contributed by atoms with van der Waals surface area (Å²) >= 11 is 6.03. The highest BCUT2D eigenvalue weighted by molar-refractivity contribution is 6.30. The molecule has 5 heteroatoms. The van der Waals surface area contributed by atoms with Gasteiger partial charge in [0.05, 0.1) is 12.1 Å². The molecule has 0 radical (unpaired) electrons. The first-order valence-corrected chi connectivity index (χ1v) is 5.75. The van der Waals surface area contributed by atoms with Crippen LogP contribution in [0.2, 0.25) is 5.15 Å². The summed E-state index contributed by atoms with van der Waals surface area (Å²) in [6, 6.07) is 0. The van der Waals surface area contributed by atoms with Crippen LogP contribution in [0.25, 0.3) is 0 Å². The highest BCUT2D eigenvalue weighted by Crippen LogP contribution is 2.26. The van der Waals surface area contributed by atoms with Gasteiger partial charge in [-0.2, -0.15) is 0 Å². The number of rotatable bonds is 2. The Bertz CT molecular complexity index is 402. The van der Waals surface area contributed by atoms with Crippen molar-refractivity contribution in [3.05, 3.63) is 16.5 Å². The van der Waals surface area contributed by atoms with Gasteiger partial charge in [-0.3, -0.25) is 0 Å². The quantitative estimate of drug-likeness (QED) is 0.808. The van der Waals surface area contributed by atoms with Gasteiger partial charge in [-0.1, -0.05) is 11.6 Å². The maximum Gasteiger partial charge on any atom is 0.137 e. The topological polar surface area (TPSA) is 47.0 Å². The van der Waals surface area contributed by atoms with Crippen molar-refractivity contribution < 1.29 is 4.74 Å². The fourth-order valence-corrected chi connectivity index (χ4v) is 1.98. The fourth-order valence-electron chi connectivity index (χ4n) is 1.77. The molecule has 1 aromatic heterocycles. The highest BCUT2D eigenvalue weighted by Gasteiger charge is 2.30. The molecule has 88 valence electrons. The lowest BCUT2D eigenvalue weighted by Crippen LogP contribution is -2.35. The molecular formula is C11H16ClN3O. The molecular weight excluding hydrogens is 226 g/mol. The van der Waals surface area contributed by atoms with E-state index in [1.807, 2.05) is 13.8 Å². The largest absolute Gasteiger partial charge is 0.379 e. The smallest absolute Gasteiger partial charge is 0.137 e. The van der Waals surface area contributed by atoms with Crippen LogP contribution in [0.15, 0.2) is 0 Å². The summed E-state index contributed by atoms with van der Waals surface area (Å²) in [7, 11) is 0. The summed E-state index contributed by atoms with van der Waals surface area (Å²) in [5.74, 6) is 1.49. The van der Waals surface area contributed by atoms with Gasteiger partial charge < -0.3 is 10.1 Å². The molecule has 1 aromatic rings. The first-order valence-electron chi connectivity index (χ1n) is 5.37. The normalized spacial score (nSPS) is 24.8. The van der Waals surface area contributed by atoms with Crippen LogP contribution in [-0.4, -0.2) is 28.7 Å². The van der Waals surface area contributed by atoms with E-state index >= 15 is 0 Å². The third-order valence-electron chi connectivity index (χ3n) is 2.84. The molecule has 0 aromatic carbocycles. The van der Waals surface area contributed by atoms with Gasteiger partial charge in [0.2, 0.25) is 0 Å². The van der Waals surface area contributed by atoms with Crippen LogP contribution < -0.4 is 5.32 Å². The number of nitrogens with zero attached hydrogens (tertiary/aromatic N) is 2. The second-order valence-corrected chi connectivity index (χ2v) is 4.88. The number of hydrogen-bond acceptors (Lipinski definition) is 4. The Labute approximate surface area is 100 Å². The van der Waals surface area contributed by atoms with E-state index < -0.39 is 0 Å². The van der Waals surface area contributed by atoms with Gasteiger partial charge in [0.15, 0.2) is 0 Å². The predicted molar refractivity (Wildman–Crippen MR) is 64.0 cm³/mol. The number of nitrogens with one attached hydrogen (secondary N) is 1. The molecule has 1 fully saturated rings. The number of aromatic nitrogens is 2. The third-order valence-corrected chi connectivity index (χ3v) is 3.21. The van der Waals surface area contributed by atoms with Crippen LogP contribution in [0.5, 0.6) is 0 Å². The minimum Gasteiger partial charge on any atom is -0.379 e. The van der Waals surface area contributed by atoms with Crippen molar-refractivity contribution in [3.63, 3.8) is 0 Å². The van der Waals surface area contributed by atoms with Gasteiger partial charge >= 0.3 is 0 Å². The van der Waals surface area contributed by atoms with Crippen LogP contribution in [0.4, 0.5) is 5.82 Å². The minimum absolute atomic E-state index is 0.0467.